The molecule has 1 aromatic carbocycles. The number of carboxylic acid groups (broad SMARTS) is 1. The van der Waals surface area contributed by atoms with Crippen LogP contribution < -0.4 is 0 Å². The minimum absolute atomic E-state index is 0.0299. The fourth-order valence-corrected chi connectivity index (χ4v) is 1.80. The number of carboxylic acids is 1. The summed E-state index contributed by atoms with van der Waals surface area (Å²) < 4.78 is 18.4. The van der Waals surface area contributed by atoms with Crippen molar-refractivity contribution in [3.05, 3.63) is 36.0 Å². The number of hydrogen-bond acceptors (Lipinski definition) is 5. The molecule has 0 bridgehead atoms. The molecule has 2 rings (SSSR count). The zero-order valence-corrected chi connectivity index (χ0v) is 11.8. The van der Waals surface area contributed by atoms with E-state index in [9.17, 15) is 9.18 Å². The molecule has 1 N–H and O–H groups in total. The van der Waals surface area contributed by atoms with E-state index < -0.39 is 5.97 Å². The van der Waals surface area contributed by atoms with Crippen molar-refractivity contribution in [3.63, 3.8) is 0 Å². The van der Waals surface area contributed by atoms with Crippen molar-refractivity contribution < 1.29 is 18.7 Å². The molecule has 7 heteroatoms. The lowest BCUT2D eigenvalue weighted by atomic mass is 10.2. The zero-order chi connectivity index (χ0) is 15.4. The predicted octanol–water partition coefficient (Wildman–Crippen LogP) is 2.17. The second-order valence-electron chi connectivity index (χ2n) is 4.90. The van der Waals surface area contributed by atoms with Gasteiger partial charge in [0.05, 0.1) is 13.1 Å². The van der Waals surface area contributed by atoms with Gasteiger partial charge in [-0.3, -0.25) is 9.69 Å². The van der Waals surface area contributed by atoms with Gasteiger partial charge in [-0.15, -0.1) is 10.2 Å². The van der Waals surface area contributed by atoms with Crippen LogP contribution in [0.1, 0.15) is 19.7 Å². The molecule has 0 spiro atoms. The number of benzene rings is 1. The van der Waals surface area contributed by atoms with Crippen molar-refractivity contribution in [1.29, 1.82) is 0 Å². The van der Waals surface area contributed by atoms with Crippen LogP contribution in [0.3, 0.4) is 0 Å². The molecule has 1 heterocycles. The van der Waals surface area contributed by atoms with Gasteiger partial charge < -0.3 is 9.52 Å². The average Bonchev–Trinajstić information content (AvgIpc) is 2.87. The third-order valence-electron chi connectivity index (χ3n) is 2.97. The molecule has 0 aliphatic carbocycles. The SMILES string of the molecule is CC(C)N(CC(=O)O)Cc1nnc(-c2ccc(F)cc2)o1. The highest BCUT2D eigenvalue weighted by molar-refractivity contribution is 5.69. The first-order chi connectivity index (χ1) is 9.95. The molecule has 0 unspecified atom stereocenters. The lowest BCUT2D eigenvalue weighted by molar-refractivity contribution is -0.139. The van der Waals surface area contributed by atoms with E-state index in [0.717, 1.165) is 0 Å². The fourth-order valence-electron chi connectivity index (χ4n) is 1.80. The second kappa shape index (κ2) is 6.45. The molecule has 2 aromatic rings. The Hall–Kier alpha value is -2.28. The van der Waals surface area contributed by atoms with Gasteiger partial charge in [0.1, 0.15) is 5.82 Å². The van der Waals surface area contributed by atoms with Crippen LogP contribution in [0.25, 0.3) is 11.5 Å². The monoisotopic (exact) mass is 293 g/mol. The summed E-state index contributed by atoms with van der Waals surface area (Å²) >= 11 is 0. The Morgan fingerprint density at radius 1 is 1.33 bits per heavy atom. The van der Waals surface area contributed by atoms with Crippen LogP contribution in [0.2, 0.25) is 0 Å². The van der Waals surface area contributed by atoms with Gasteiger partial charge in [0, 0.05) is 11.6 Å². The van der Waals surface area contributed by atoms with Crippen molar-refractivity contribution in [2.45, 2.75) is 26.4 Å². The minimum Gasteiger partial charge on any atom is -0.480 e. The number of nitrogens with zero attached hydrogens (tertiary/aromatic N) is 3. The number of aliphatic carboxylic acids is 1. The van der Waals surface area contributed by atoms with Gasteiger partial charge in [0.25, 0.3) is 0 Å². The first-order valence-electron chi connectivity index (χ1n) is 6.50. The lowest BCUT2D eigenvalue weighted by Crippen LogP contribution is -2.35. The van der Waals surface area contributed by atoms with Crippen molar-refractivity contribution >= 4 is 5.97 Å². The van der Waals surface area contributed by atoms with E-state index in [1.54, 1.807) is 17.0 Å². The van der Waals surface area contributed by atoms with Crippen LogP contribution >= 0.6 is 0 Å². The Balaban J connectivity index is 2.11. The molecule has 112 valence electrons. The van der Waals surface area contributed by atoms with Gasteiger partial charge >= 0.3 is 5.97 Å². The maximum Gasteiger partial charge on any atom is 0.317 e. The lowest BCUT2D eigenvalue weighted by Gasteiger charge is -2.22. The molecule has 0 fully saturated rings. The molecule has 0 saturated carbocycles. The Labute approximate surface area is 121 Å². The van der Waals surface area contributed by atoms with Crippen LogP contribution in [0.4, 0.5) is 4.39 Å². The zero-order valence-electron chi connectivity index (χ0n) is 11.8. The van der Waals surface area contributed by atoms with Crippen LogP contribution in [0, 0.1) is 5.82 Å². The van der Waals surface area contributed by atoms with Crippen LogP contribution in [-0.2, 0) is 11.3 Å². The summed E-state index contributed by atoms with van der Waals surface area (Å²) in [5, 5.41) is 16.7. The van der Waals surface area contributed by atoms with E-state index in [0.29, 0.717) is 11.5 Å². The summed E-state index contributed by atoms with van der Waals surface area (Å²) in [6.45, 7) is 3.92. The summed E-state index contributed by atoms with van der Waals surface area (Å²) in [7, 11) is 0. The van der Waals surface area contributed by atoms with Gasteiger partial charge in [0.2, 0.25) is 11.8 Å². The normalized spacial score (nSPS) is 11.3. The molecule has 0 saturated heterocycles. The van der Waals surface area contributed by atoms with E-state index >= 15 is 0 Å². The average molecular weight is 293 g/mol. The van der Waals surface area contributed by atoms with E-state index in [1.807, 2.05) is 13.8 Å². The van der Waals surface area contributed by atoms with Crippen molar-refractivity contribution in [2.24, 2.45) is 0 Å². The first kappa shape index (κ1) is 15.1. The molecule has 6 nitrogen and oxygen atoms in total. The Morgan fingerprint density at radius 2 is 2.00 bits per heavy atom. The fraction of sp³-hybridized carbons (Fsp3) is 0.357. The molecule has 0 radical (unpaired) electrons. The van der Waals surface area contributed by atoms with Crippen molar-refractivity contribution in [2.75, 3.05) is 6.54 Å². The quantitative estimate of drug-likeness (QED) is 0.879. The Kier molecular flexibility index (Phi) is 4.64. The first-order valence-corrected chi connectivity index (χ1v) is 6.50. The predicted molar refractivity (Wildman–Crippen MR) is 72.9 cm³/mol. The van der Waals surface area contributed by atoms with Gasteiger partial charge in [-0.1, -0.05) is 0 Å². The smallest absolute Gasteiger partial charge is 0.317 e. The third-order valence-corrected chi connectivity index (χ3v) is 2.97. The highest BCUT2D eigenvalue weighted by Gasteiger charge is 2.17. The maximum atomic E-state index is 12.9. The molecule has 1 aromatic heterocycles. The highest BCUT2D eigenvalue weighted by atomic mass is 19.1. The van der Waals surface area contributed by atoms with Gasteiger partial charge in [-0.2, -0.15) is 0 Å². The van der Waals surface area contributed by atoms with Gasteiger partial charge in [-0.25, -0.2) is 4.39 Å². The molecular formula is C14H16FN3O3. The molecule has 0 aliphatic heterocycles. The minimum atomic E-state index is -0.915. The number of hydrogen-bond donors (Lipinski definition) is 1. The largest absolute Gasteiger partial charge is 0.480 e. The van der Waals surface area contributed by atoms with E-state index in [-0.39, 0.29) is 30.8 Å². The van der Waals surface area contributed by atoms with Crippen molar-refractivity contribution in [3.8, 4) is 11.5 Å². The summed E-state index contributed by atoms with van der Waals surface area (Å²) in [6.07, 6.45) is 0. The molecule has 0 aliphatic rings. The standard InChI is InChI=1S/C14H16FN3O3/c1-9(2)18(8-13(19)20)7-12-16-17-14(21-12)10-3-5-11(15)6-4-10/h3-6,9H,7-8H2,1-2H3,(H,19,20). The molecule has 0 amide bonds. The van der Waals surface area contributed by atoms with E-state index in [2.05, 4.69) is 10.2 Å². The Morgan fingerprint density at radius 3 is 2.57 bits per heavy atom. The van der Waals surface area contributed by atoms with Crippen LogP contribution in [0.15, 0.2) is 28.7 Å². The summed E-state index contributed by atoms with van der Waals surface area (Å²) in [5.41, 5.74) is 0.615. The summed E-state index contributed by atoms with van der Waals surface area (Å²) in [6, 6.07) is 5.74. The maximum absolute atomic E-state index is 12.9. The van der Waals surface area contributed by atoms with E-state index in [1.165, 1.54) is 12.1 Å². The summed E-state index contributed by atoms with van der Waals surface area (Å²) in [5.74, 6) is -0.652. The topological polar surface area (TPSA) is 79.5 Å². The highest BCUT2D eigenvalue weighted by Crippen LogP contribution is 2.19. The Bertz CT molecular complexity index is 610. The number of rotatable bonds is 6. The van der Waals surface area contributed by atoms with Gasteiger partial charge in [0.15, 0.2) is 0 Å². The van der Waals surface area contributed by atoms with Crippen LogP contribution in [-0.4, -0.2) is 38.8 Å². The van der Waals surface area contributed by atoms with Crippen LogP contribution in [0.5, 0.6) is 0 Å². The second-order valence-corrected chi connectivity index (χ2v) is 4.90. The molecule has 21 heavy (non-hydrogen) atoms. The molecular weight excluding hydrogens is 277 g/mol. The molecule has 0 atom stereocenters. The van der Waals surface area contributed by atoms with E-state index in [4.69, 9.17) is 9.52 Å². The summed E-state index contributed by atoms with van der Waals surface area (Å²) in [4.78, 5) is 12.5. The third kappa shape index (κ3) is 4.09. The van der Waals surface area contributed by atoms with Crippen molar-refractivity contribution in [1.82, 2.24) is 15.1 Å². The number of halogens is 1. The number of aromatic nitrogens is 2. The van der Waals surface area contributed by atoms with Gasteiger partial charge in [-0.05, 0) is 38.1 Å². The number of carbonyl (C=O) groups is 1.